The first kappa shape index (κ1) is 52.0. The van der Waals surface area contributed by atoms with E-state index in [9.17, 15) is 46.6 Å². The first-order valence-corrected chi connectivity index (χ1v) is 29.0. The van der Waals surface area contributed by atoms with Crippen LogP contribution in [0.2, 0.25) is 0 Å². The fourth-order valence-corrected chi connectivity index (χ4v) is 12.5. The molecule has 0 saturated heterocycles. The Morgan fingerprint density at radius 2 is 0.699 bits per heavy atom. The number of hydrogen-bond acceptors (Lipinski definition) is 15. The fourth-order valence-electron chi connectivity index (χ4n) is 7.28. The van der Waals surface area contributed by atoms with Crippen LogP contribution in [0.1, 0.15) is 11.1 Å². The molecule has 0 amide bonds. The van der Waals surface area contributed by atoms with Crippen LogP contribution in [-0.4, -0.2) is 60.9 Å². The van der Waals surface area contributed by atoms with Gasteiger partial charge in [-0.25, -0.2) is 25.3 Å². The van der Waals surface area contributed by atoms with Crippen LogP contribution in [0, 0.1) is 6.92 Å². The highest BCUT2D eigenvalue weighted by atomic mass is 32.2. The van der Waals surface area contributed by atoms with Crippen LogP contribution in [0.25, 0.3) is 11.1 Å². The van der Waals surface area contributed by atoms with Crippen molar-refractivity contribution in [3.63, 3.8) is 0 Å². The first-order valence-electron chi connectivity index (χ1n) is 21.5. The summed E-state index contributed by atoms with van der Waals surface area (Å²) >= 11 is 0. The second kappa shape index (κ2) is 20.6. The number of methoxy groups -OCH3 is 1. The SMILES string of the molecule is COc1ccc(-c2ccc(Oc3ccc(S(=O)(=O)c4ccc(Oc5ccc(S(=O)(=O)c6ccc(Oc7ccc(S(=O)(=O)c8ccc(C)cc8)cc7)cc6)cc5)cc4)cc3)c(S(=O)(=O)OC)c2)cc1CS(=O)(=O)O. The molecular formula is C52H42O16S5. The Kier molecular flexibility index (Phi) is 14.7. The van der Waals surface area contributed by atoms with Crippen molar-refractivity contribution >= 4 is 49.7 Å². The number of hydrogen-bond donors (Lipinski definition) is 1. The van der Waals surface area contributed by atoms with E-state index in [0.29, 0.717) is 22.6 Å². The van der Waals surface area contributed by atoms with Crippen LogP contribution in [0.15, 0.2) is 216 Å². The minimum absolute atomic E-state index is 0.00504. The average Bonchev–Trinajstić information content (AvgIpc) is 3.37. The Labute approximate surface area is 422 Å². The highest BCUT2D eigenvalue weighted by Crippen LogP contribution is 2.37. The molecule has 0 spiro atoms. The maximum atomic E-state index is 13.6. The smallest absolute Gasteiger partial charge is 0.300 e. The van der Waals surface area contributed by atoms with Crippen LogP contribution in [0.4, 0.5) is 0 Å². The van der Waals surface area contributed by atoms with Gasteiger partial charge < -0.3 is 18.9 Å². The molecule has 0 aromatic heterocycles. The van der Waals surface area contributed by atoms with E-state index in [0.717, 1.165) is 12.7 Å². The number of ether oxygens (including phenoxy) is 4. The quantitative estimate of drug-likeness (QED) is 0.0621. The summed E-state index contributed by atoms with van der Waals surface area (Å²) in [4.78, 5) is -0.316. The molecule has 0 heterocycles. The number of benzene rings is 8. The fraction of sp³-hybridized carbons (Fsp3) is 0.0769. The molecule has 8 aromatic rings. The summed E-state index contributed by atoms with van der Waals surface area (Å²) in [6.45, 7) is 1.87. The molecule has 73 heavy (non-hydrogen) atoms. The van der Waals surface area contributed by atoms with Crippen molar-refractivity contribution in [1.29, 1.82) is 0 Å². The lowest BCUT2D eigenvalue weighted by Crippen LogP contribution is -2.06. The van der Waals surface area contributed by atoms with Crippen LogP contribution in [-0.2, 0) is 59.7 Å². The van der Waals surface area contributed by atoms with E-state index in [4.69, 9.17) is 23.1 Å². The van der Waals surface area contributed by atoms with Crippen molar-refractivity contribution in [3.8, 4) is 51.4 Å². The van der Waals surface area contributed by atoms with E-state index in [-0.39, 0.29) is 68.6 Å². The molecule has 0 radical (unpaired) electrons. The van der Waals surface area contributed by atoms with Crippen molar-refractivity contribution in [1.82, 2.24) is 0 Å². The summed E-state index contributed by atoms with van der Waals surface area (Å²) in [5.41, 5.74) is 1.79. The van der Waals surface area contributed by atoms with Gasteiger partial charge in [-0.2, -0.15) is 16.8 Å². The number of aryl methyl sites for hydroxylation is 1. The van der Waals surface area contributed by atoms with E-state index < -0.39 is 55.5 Å². The van der Waals surface area contributed by atoms with E-state index in [1.165, 1.54) is 159 Å². The van der Waals surface area contributed by atoms with Gasteiger partial charge in [-0.3, -0.25) is 8.74 Å². The molecule has 0 unspecified atom stereocenters. The lowest BCUT2D eigenvalue weighted by Gasteiger charge is -2.14. The average molecular weight is 1080 g/mol. The molecular weight excluding hydrogens is 1040 g/mol. The molecule has 0 saturated carbocycles. The minimum Gasteiger partial charge on any atom is -0.496 e. The topological polar surface area (TPSA) is 237 Å². The summed E-state index contributed by atoms with van der Waals surface area (Å²) in [5, 5.41) is 0. The van der Waals surface area contributed by atoms with Crippen molar-refractivity contribution in [3.05, 3.63) is 193 Å². The van der Waals surface area contributed by atoms with Crippen LogP contribution < -0.4 is 18.9 Å². The van der Waals surface area contributed by atoms with Crippen LogP contribution in [0.3, 0.4) is 0 Å². The van der Waals surface area contributed by atoms with Gasteiger partial charge in [0, 0.05) is 5.56 Å². The van der Waals surface area contributed by atoms with Crippen molar-refractivity contribution in [2.45, 2.75) is 46.9 Å². The zero-order valence-electron chi connectivity index (χ0n) is 38.6. The Balaban J connectivity index is 0.895. The molecule has 8 rings (SSSR count). The Hall–Kier alpha value is -7.37. The molecule has 376 valence electrons. The zero-order chi connectivity index (χ0) is 52.3. The number of rotatable bonds is 18. The molecule has 0 bridgehead atoms. The predicted molar refractivity (Wildman–Crippen MR) is 268 cm³/mol. The molecule has 1 N–H and O–H groups in total. The third-order valence-corrected chi connectivity index (χ3v) is 18.4. The Morgan fingerprint density at radius 3 is 1.03 bits per heavy atom. The molecule has 8 aromatic carbocycles. The van der Waals surface area contributed by atoms with Gasteiger partial charge in [0.2, 0.25) is 29.5 Å². The van der Waals surface area contributed by atoms with Gasteiger partial charge in [0.05, 0.1) is 43.6 Å². The zero-order valence-corrected chi connectivity index (χ0v) is 42.7. The van der Waals surface area contributed by atoms with Crippen LogP contribution in [0.5, 0.6) is 40.2 Å². The van der Waals surface area contributed by atoms with E-state index in [1.54, 1.807) is 30.3 Å². The molecule has 21 heteroatoms. The largest absolute Gasteiger partial charge is 0.496 e. The summed E-state index contributed by atoms with van der Waals surface area (Å²) in [7, 11) is -18.3. The van der Waals surface area contributed by atoms with Gasteiger partial charge >= 0.3 is 0 Å². The summed E-state index contributed by atoms with van der Waals surface area (Å²) < 4.78 is 167. The Morgan fingerprint density at radius 1 is 0.384 bits per heavy atom. The van der Waals surface area contributed by atoms with Gasteiger partial charge in [-0.05, 0) is 176 Å². The second-order valence-corrected chi connectivity index (χ2v) is 25.0. The van der Waals surface area contributed by atoms with Crippen molar-refractivity contribution in [2.24, 2.45) is 0 Å². The standard InChI is InChI=1S/C52H42O16S5/c1-35-4-18-44(19-5-35)70(56,57)45-20-8-39(9-21-45)66-40-10-22-46(23-11-40)71(58,59)47-24-12-41(13-25-47)67-42-14-26-48(27-15-42)72(60,61)49-28-16-43(17-29-49)68-51-31-7-37(33-52(51)73(62,63)65-3)36-6-30-50(64-2)38(32-36)34-69(53,54)55/h4-33H,34H2,1-3H3,(H,53,54,55). The van der Waals surface area contributed by atoms with Crippen molar-refractivity contribution < 1.29 is 69.8 Å². The molecule has 0 atom stereocenters. The molecule has 16 nitrogen and oxygen atoms in total. The van der Waals surface area contributed by atoms with E-state index in [1.807, 2.05) is 6.92 Å². The van der Waals surface area contributed by atoms with Gasteiger partial charge in [0.15, 0.2) is 0 Å². The van der Waals surface area contributed by atoms with Gasteiger partial charge in [0.25, 0.3) is 20.2 Å². The second-order valence-electron chi connectivity index (χ2n) is 16.0. The lowest BCUT2D eigenvalue weighted by molar-refractivity contribution is 0.391. The molecule has 0 aliphatic heterocycles. The minimum atomic E-state index is -4.43. The normalized spacial score (nSPS) is 12.2. The highest BCUT2D eigenvalue weighted by Gasteiger charge is 2.24. The molecule has 0 aliphatic carbocycles. The highest BCUT2D eigenvalue weighted by molar-refractivity contribution is 7.92. The maximum Gasteiger partial charge on any atom is 0.300 e. The van der Waals surface area contributed by atoms with Crippen LogP contribution >= 0.6 is 0 Å². The third-order valence-electron chi connectivity index (χ3n) is 11.1. The lowest BCUT2D eigenvalue weighted by atomic mass is 10.0. The van der Waals surface area contributed by atoms with E-state index in [2.05, 4.69) is 0 Å². The molecule has 0 aliphatic rings. The number of sulfone groups is 3. The molecule has 0 fully saturated rings. The monoisotopic (exact) mass is 1080 g/mol. The predicted octanol–water partition coefficient (Wildman–Crippen LogP) is 10.3. The Bertz CT molecular complexity index is 3900. The summed E-state index contributed by atoms with van der Waals surface area (Å²) in [6.07, 6.45) is 0. The van der Waals surface area contributed by atoms with Gasteiger partial charge in [-0.15, -0.1) is 0 Å². The van der Waals surface area contributed by atoms with Crippen molar-refractivity contribution in [2.75, 3.05) is 14.2 Å². The summed E-state index contributed by atoms with van der Waals surface area (Å²) in [6, 6.07) is 43.2. The maximum absolute atomic E-state index is 13.6. The summed E-state index contributed by atoms with van der Waals surface area (Å²) in [5.74, 6) is 0.566. The van der Waals surface area contributed by atoms with Gasteiger partial charge in [0.1, 0.15) is 50.9 Å². The first-order chi connectivity index (χ1) is 34.5. The van der Waals surface area contributed by atoms with Gasteiger partial charge in [-0.1, -0.05) is 29.8 Å². The third kappa shape index (κ3) is 11.8. The van der Waals surface area contributed by atoms with E-state index >= 15 is 0 Å².